The summed E-state index contributed by atoms with van der Waals surface area (Å²) < 4.78 is 73.2. The molecule has 3 aromatic carbocycles. The van der Waals surface area contributed by atoms with Crippen LogP contribution in [0.4, 0.5) is 32.8 Å². The number of nitrogens with zero attached hydrogens (tertiary/aromatic N) is 1. The summed E-state index contributed by atoms with van der Waals surface area (Å²) in [5.74, 6) is -3.58. The highest BCUT2D eigenvalue weighted by Crippen LogP contribution is 2.45. The zero-order valence-electron chi connectivity index (χ0n) is 20.6. The molecule has 0 atom stereocenters. The zero-order valence-corrected chi connectivity index (χ0v) is 22.4. The van der Waals surface area contributed by atoms with Crippen molar-refractivity contribution in [1.82, 2.24) is 4.98 Å². The maximum absolute atomic E-state index is 15.5. The molecular weight excluding hydrogens is 553 g/mol. The lowest BCUT2D eigenvalue weighted by atomic mass is 9.94. The Balaban J connectivity index is 1.48. The summed E-state index contributed by atoms with van der Waals surface area (Å²) in [4.78, 5) is 5.49. The van der Waals surface area contributed by atoms with E-state index in [2.05, 4.69) is 27.7 Å². The Hall–Kier alpha value is -3.31. The minimum Gasteiger partial charge on any atom is -0.406 e. The van der Waals surface area contributed by atoms with E-state index in [0.29, 0.717) is 29.8 Å². The number of aromatic nitrogens is 1. The van der Waals surface area contributed by atoms with E-state index in [0.717, 1.165) is 34.4 Å². The number of thiazole rings is 1. The molecule has 0 saturated carbocycles. The number of benzene rings is 3. The van der Waals surface area contributed by atoms with Gasteiger partial charge in [0.15, 0.2) is 5.13 Å². The Morgan fingerprint density at radius 1 is 0.897 bits per heavy atom. The summed E-state index contributed by atoms with van der Waals surface area (Å²) in [6, 6.07) is 18.9. The number of nitrogens with two attached hydrogens (primary N) is 1. The van der Waals surface area contributed by atoms with E-state index in [4.69, 9.17) is 5.73 Å². The minimum atomic E-state index is -4.86. The van der Waals surface area contributed by atoms with Crippen molar-refractivity contribution in [2.75, 3.05) is 17.6 Å². The van der Waals surface area contributed by atoms with Crippen molar-refractivity contribution in [3.05, 3.63) is 78.4 Å². The van der Waals surface area contributed by atoms with Crippen molar-refractivity contribution in [3.8, 4) is 27.4 Å². The van der Waals surface area contributed by atoms with Crippen LogP contribution in [0.2, 0.25) is 0 Å². The molecule has 39 heavy (non-hydrogen) atoms. The van der Waals surface area contributed by atoms with Gasteiger partial charge in [-0.2, -0.15) is 0 Å². The molecule has 1 aromatic heterocycles. The van der Waals surface area contributed by atoms with E-state index in [9.17, 15) is 13.2 Å². The van der Waals surface area contributed by atoms with Crippen molar-refractivity contribution in [2.24, 2.45) is 0 Å². The Kier molecular flexibility index (Phi) is 9.01. The van der Waals surface area contributed by atoms with Crippen LogP contribution in [0.3, 0.4) is 0 Å². The van der Waals surface area contributed by atoms with Gasteiger partial charge in [-0.25, -0.2) is 13.8 Å². The number of unbranched alkanes of at least 4 members (excludes halogenated alkanes) is 2. The summed E-state index contributed by atoms with van der Waals surface area (Å²) in [6.07, 6.45) is -3.60. The van der Waals surface area contributed by atoms with Crippen molar-refractivity contribution in [3.63, 3.8) is 0 Å². The molecule has 0 aliphatic carbocycles. The van der Waals surface area contributed by atoms with E-state index in [1.165, 1.54) is 30.3 Å². The number of anilines is 2. The van der Waals surface area contributed by atoms with Crippen LogP contribution in [0, 0.1) is 0 Å². The number of halogens is 5. The van der Waals surface area contributed by atoms with Crippen LogP contribution in [-0.2, 0) is 5.92 Å². The van der Waals surface area contributed by atoms with Crippen LogP contribution in [0.1, 0.15) is 31.2 Å². The molecule has 3 N–H and O–H groups in total. The molecule has 0 spiro atoms. The quantitative estimate of drug-likeness (QED) is 0.0943. The third-order valence-corrected chi connectivity index (χ3v) is 7.10. The first-order valence-corrected chi connectivity index (χ1v) is 13.4. The fourth-order valence-electron chi connectivity index (χ4n) is 4.19. The molecule has 0 saturated heterocycles. The lowest BCUT2D eigenvalue weighted by Crippen LogP contribution is -2.17. The third-order valence-electron chi connectivity index (χ3n) is 5.89. The number of nitrogen functional groups attached to an aromatic ring is 1. The highest BCUT2D eigenvalue weighted by atomic mass is 32.1. The molecule has 0 bridgehead atoms. The highest BCUT2D eigenvalue weighted by Gasteiger charge is 2.35. The fourth-order valence-corrected chi connectivity index (χ4v) is 5.26. The fraction of sp³-hybridized carbons (Fsp3) is 0.250. The van der Waals surface area contributed by atoms with E-state index in [1.807, 2.05) is 24.3 Å². The van der Waals surface area contributed by atoms with Gasteiger partial charge in [-0.1, -0.05) is 60.2 Å². The van der Waals surface area contributed by atoms with Gasteiger partial charge in [-0.15, -0.1) is 25.8 Å². The molecule has 11 heteroatoms. The van der Waals surface area contributed by atoms with Gasteiger partial charge in [0.1, 0.15) is 5.75 Å². The second kappa shape index (κ2) is 12.3. The molecule has 0 aliphatic heterocycles. The molecule has 206 valence electrons. The Morgan fingerprint density at radius 2 is 1.67 bits per heavy atom. The van der Waals surface area contributed by atoms with Crippen LogP contribution < -0.4 is 15.8 Å². The molecule has 4 nitrogen and oxygen atoms in total. The number of alkyl halides is 5. The van der Waals surface area contributed by atoms with Gasteiger partial charge in [0.25, 0.3) is 5.92 Å². The molecule has 0 radical (unpaired) electrons. The number of nitrogens with one attached hydrogen (secondary N) is 1. The number of hydrogen-bond acceptors (Lipinski definition) is 6. The van der Waals surface area contributed by atoms with Gasteiger partial charge >= 0.3 is 6.36 Å². The predicted molar refractivity (Wildman–Crippen MR) is 149 cm³/mol. The average molecular weight is 580 g/mol. The highest BCUT2D eigenvalue weighted by molar-refractivity contribution is 7.80. The van der Waals surface area contributed by atoms with Crippen molar-refractivity contribution in [1.29, 1.82) is 0 Å². The third kappa shape index (κ3) is 7.86. The molecule has 4 aromatic rings. The molecule has 0 fully saturated rings. The van der Waals surface area contributed by atoms with Crippen LogP contribution in [0.15, 0.2) is 77.7 Å². The molecule has 0 unspecified atom stereocenters. The summed E-state index contributed by atoms with van der Waals surface area (Å²) in [7, 11) is 0. The van der Waals surface area contributed by atoms with Gasteiger partial charge in [0.2, 0.25) is 0 Å². The van der Waals surface area contributed by atoms with E-state index >= 15 is 8.78 Å². The molecular formula is C28H26F5N3OS2. The maximum Gasteiger partial charge on any atom is 0.573 e. The maximum atomic E-state index is 15.5. The second-order valence-electron chi connectivity index (χ2n) is 8.84. The number of ether oxygens (including phenoxy) is 1. The molecule has 1 heterocycles. The van der Waals surface area contributed by atoms with Gasteiger partial charge in [0.05, 0.1) is 10.6 Å². The van der Waals surface area contributed by atoms with Gasteiger partial charge in [-0.05, 0) is 48.7 Å². The Labute approximate surface area is 232 Å². The van der Waals surface area contributed by atoms with Crippen LogP contribution in [0.25, 0.3) is 21.7 Å². The Bertz CT molecular complexity index is 1410. The normalized spacial score (nSPS) is 11.9. The summed E-state index contributed by atoms with van der Waals surface area (Å²) in [5, 5.41) is 3.37. The van der Waals surface area contributed by atoms with Crippen LogP contribution in [0.5, 0.6) is 5.75 Å². The summed E-state index contributed by atoms with van der Waals surface area (Å²) in [5.41, 5.74) is 7.35. The molecule has 0 aliphatic rings. The lowest BCUT2D eigenvalue weighted by molar-refractivity contribution is -0.274. The van der Waals surface area contributed by atoms with Gasteiger partial charge in [-0.3, -0.25) is 0 Å². The van der Waals surface area contributed by atoms with Gasteiger partial charge in [0, 0.05) is 34.7 Å². The summed E-state index contributed by atoms with van der Waals surface area (Å²) in [6.45, 7) is 0.651. The van der Waals surface area contributed by atoms with Crippen LogP contribution in [-0.4, -0.2) is 17.9 Å². The van der Waals surface area contributed by atoms with Crippen molar-refractivity contribution < 1.29 is 26.7 Å². The first-order chi connectivity index (χ1) is 18.5. The zero-order chi connectivity index (χ0) is 28.0. The summed E-state index contributed by atoms with van der Waals surface area (Å²) >= 11 is 5.31. The molecule has 4 rings (SSSR count). The standard InChI is InChI=1S/C28H26F5N3OS2/c29-27(30,14-4-1-5-15-35-19-9-7-11-21(38)17-19)23-13-3-2-12-22(23)24-25(39-26(34)36-24)18-8-6-10-20(16-18)37-28(31,32)33/h2-3,6-13,16-17,35,38H,1,4-5,14-15H2,(H2,34,36). The molecule has 0 amide bonds. The minimum absolute atomic E-state index is 0.108. The second-order valence-corrected chi connectivity index (χ2v) is 10.4. The van der Waals surface area contributed by atoms with Gasteiger partial charge < -0.3 is 15.8 Å². The Morgan fingerprint density at radius 3 is 2.44 bits per heavy atom. The van der Waals surface area contributed by atoms with E-state index in [1.54, 1.807) is 12.1 Å². The lowest BCUT2D eigenvalue weighted by Gasteiger charge is -2.20. The first-order valence-electron chi connectivity index (χ1n) is 12.1. The largest absolute Gasteiger partial charge is 0.573 e. The van der Waals surface area contributed by atoms with E-state index < -0.39 is 18.0 Å². The average Bonchev–Trinajstić information content (AvgIpc) is 3.27. The van der Waals surface area contributed by atoms with E-state index in [-0.39, 0.29) is 28.4 Å². The van der Waals surface area contributed by atoms with Crippen molar-refractivity contribution >= 4 is 34.8 Å². The number of thiol groups is 1. The number of hydrogen-bond donors (Lipinski definition) is 3. The van der Waals surface area contributed by atoms with Crippen LogP contribution >= 0.6 is 24.0 Å². The predicted octanol–water partition coefficient (Wildman–Crippen LogP) is 9.01. The SMILES string of the molecule is Nc1nc(-c2ccccc2C(F)(F)CCCCCNc2cccc(S)c2)c(-c2cccc(OC(F)(F)F)c2)s1. The first kappa shape index (κ1) is 28.7. The number of rotatable bonds is 11. The smallest absolute Gasteiger partial charge is 0.406 e. The van der Waals surface area contributed by atoms with Crippen molar-refractivity contribution in [2.45, 2.75) is 42.9 Å². The monoisotopic (exact) mass is 579 g/mol. The topological polar surface area (TPSA) is 60.2 Å².